The maximum absolute atomic E-state index is 12.3. The van der Waals surface area contributed by atoms with E-state index in [0.29, 0.717) is 23.7 Å². The summed E-state index contributed by atoms with van der Waals surface area (Å²) in [5, 5.41) is 8.38. The Morgan fingerprint density at radius 3 is 2.33 bits per heavy atom. The molecule has 0 heterocycles. The highest BCUT2D eigenvalue weighted by Gasteiger charge is 2.14. The summed E-state index contributed by atoms with van der Waals surface area (Å²) in [5.41, 5.74) is 6.78. The summed E-state index contributed by atoms with van der Waals surface area (Å²) in [4.78, 5) is 24.0. The summed E-state index contributed by atoms with van der Waals surface area (Å²) in [7, 11) is 0. The molecule has 0 saturated carbocycles. The second kappa shape index (κ2) is 10.9. The second-order valence-corrected chi connectivity index (χ2v) is 6.37. The minimum Gasteiger partial charge on any atom is -0.348 e. The van der Waals surface area contributed by atoms with Crippen molar-refractivity contribution in [3.63, 3.8) is 0 Å². The number of amides is 3. The van der Waals surface area contributed by atoms with Crippen molar-refractivity contribution < 1.29 is 9.59 Å². The first kappa shape index (κ1) is 22.2. The van der Waals surface area contributed by atoms with Crippen LogP contribution in [0.4, 0.5) is 10.5 Å². The fraction of sp³-hybridized carbons (Fsp3) is 0.529. The van der Waals surface area contributed by atoms with E-state index in [1.165, 1.54) is 0 Å². The molecule has 0 bridgehead atoms. The maximum Gasteiger partial charge on any atom is 0.319 e. The van der Waals surface area contributed by atoms with E-state index in [2.05, 4.69) is 29.8 Å². The summed E-state index contributed by atoms with van der Waals surface area (Å²) in [5.74, 6) is 0.269. The molecule has 1 unspecified atom stereocenters. The number of hydrogen-bond acceptors (Lipinski definition) is 3. The monoisotopic (exact) mass is 356 g/mol. The molecular weight excluding hydrogens is 328 g/mol. The van der Waals surface area contributed by atoms with E-state index < -0.39 is 0 Å². The highest BCUT2D eigenvalue weighted by Crippen LogP contribution is 2.12. The van der Waals surface area contributed by atoms with Gasteiger partial charge in [0.2, 0.25) is 0 Å². The van der Waals surface area contributed by atoms with E-state index in [1.54, 1.807) is 24.3 Å². The molecule has 1 atom stereocenters. The van der Waals surface area contributed by atoms with Gasteiger partial charge in [-0.05, 0) is 44.4 Å². The lowest BCUT2D eigenvalue weighted by Crippen LogP contribution is -2.41. The number of rotatable bonds is 7. The van der Waals surface area contributed by atoms with Crippen LogP contribution in [0.25, 0.3) is 0 Å². The molecule has 0 aliphatic heterocycles. The van der Waals surface area contributed by atoms with Crippen molar-refractivity contribution in [2.45, 2.75) is 46.2 Å². The van der Waals surface area contributed by atoms with Crippen LogP contribution in [-0.2, 0) is 0 Å². The molecule has 1 aromatic carbocycles. The summed E-state index contributed by atoms with van der Waals surface area (Å²) in [6, 6.07) is 6.54. The summed E-state index contributed by atoms with van der Waals surface area (Å²) < 4.78 is 0. The van der Waals surface area contributed by atoms with Gasteiger partial charge in [0.05, 0.1) is 0 Å². The zero-order valence-electron chi connectivity index (χ0n) is 14.8. The number of hydrogen-bond donors (Lipinski definition) is 4. The van der Waals surface area contributed by atoms with Crippen LogP contribution in [-0.4, -0.2) is 30.6 Å². The Labute approximate surface area is 150 Å². The Bertz CT molecular complexity index is 535. The smallest absolute Gasteiger partial charge is 0.319 e. The SMILES string of the molecule is CC(C)CC(CN)NC(=O)c1cccc(NC(=O)NC(C)C)c1.Cl. The summed E-state index contributed by atoms with van der Waals surface area (Å²) >= 11 is 0. The van der Waals surface area contributed by atoms with Gasteiger partial charge in [-0.3, -0.25) is 4.79 Å². The van der Waals surface area contributed by atoms with Crippen molar-refractivity contribution in [2.75, 3.05) is 11.9 Å². The Kier molecular flexibility index (Phi) is 10.1. The highest BCUT2D eigenvalue weighted by molar-refractivity contribution is 5.97. The molecule has 1 aromatic rings. The predicted octanol–water partition coefficient (Wildman–Crippen LogP) is 2.74. The minimum atomic E-state index is -0.294. The number of carbonyl (C=O) groups is 2. The van der Waals surface area contributed by atoms with Gasteiger partial charge in [0, 0.05) is 29.9 Å². The highest BCUT2D eigenvalue weighted by atomic mass is 35.5. The van der Waals surface area contributed by atoms with Crippen LogP contribution in [0.2, 0.25) is 0 Å². The fourth-order valence-electron chi connectivity index (χ4n) is 2.22. The molecule has 0 radical (unpaired) electrons. The number of benzene rings is 1. The molecule has 1 rings (SSSR count). The fourth-order valence-corrected chi connectivity index (χ4v) is 2.22. The van der Waals surface area contributed by atoms with Crippen molar-refractivity contribution in [3.8, 4) is 0 Å². The van der Waals surface area contributed by atoms with Crippen molar-refractivity contribution in [2.24, 2.45) is 11.7 Å². The molecule has 0 aliphatic rings. The Hall–Kier alpha value is -1.79. The van der Waals surface area contributed by atoms with Gasteiger partial charge >= 0.3 is 6.03 Å². The molecule has 0 fully saturated rings. The normalized spacial score (nSPS) is 11.6. The molecule has 0 spiro atoms. The number of nitrogens with one attached hydrogen (secondary N) is 3. The van der Waals surface area contributed by atoms with Crippen LogP contribution in [0.15, 0.2) is 24.3 Å². The molecular formula is C17H29ClN4O2. The largest absolute Gasteiger partial charge is 0.348 e. The van der Waals surface area contributed by atoms with Crippen molar-refractivity contribution in [1.82, 2.24) is 10.6 Å². The summed E-state index contributed by atoms with van der Waals surface area (Å²) in [6.45, 7) is 8.34. The van der Waals surface area contributed by atoms with E-state index in [4.69, 9.17) is 5.73 Å². The summed E-state index contributed by atoms with van der Waals surface area (Å²) in [6.07, 6.45) is 0.830. The Morgan fingerprint density at radius 2 is 1.79 bits per heavy atom. The third-order valence-electron chi connectivity index (χ3n) is 3.18. The van der Waals surface area contributed by atoms with E-state index in [1.807, 2.05) is 13.8 Å². The van der Waals surface area contributed by atoms with E-state index in [-0.39, 0.29) is 36.4 Å². The number of halogens is 1. The third-order valence-corrected chi connectivity index (χ3v) is 3.18. The van der Waals surface area contributed by atoms with Gasteiger partial charge in [0.1, 0.15) is 0 Å². The van der Waals surface area contributed by atoms with Crippen LogP contribution in [0.3, 0.4) is 0 Å². The zero-order valence-corrected chi connectivity index (χ0v) is 15.6. The van der Waals surface area contributed by atoms with Crippen LogP contribution in [0.1, 0.15) is 44.5 Å². The third kappa shape index (κ3) is 8.17. The number of carbonyl (C=O) groups excluding carboxylic acids is 2. The number of urea groups is 1. The lowest BCUT2D eigenvalue weighted by atomic mass is 10.0. The molecule has 0 aromatic heterocycles. The van der Waals surface area contributed by atoms with Crippen molar-refractivity contribution in [3.05, 3.63) is 29.8 Å². The van der Waals surface area contributed by atoms with E-state index in [0.717, 1.165) is 6.42 Å². The number of anilines is 1. The van der Waals surface area contributed by atoms with E-state index >= 15 is 0 Å². The minimum absolute atomic E-state index is 0. The standard InChI is InChI=1S/C17H28N4O2.ClH/c1-11(2)8-15(10-18)20-16(22)13-6-5-7-14(9-13)21-17(23)19-12(3)4;/h5-7,9,11-12,15H,8,10,18H2,1-4H3,(H,20,22)(H2,19,21,23);1H. The number of nitrogens with two attached hydrogens (primary N) is 1. The first-order valence-electron chi connectivity index (χ1n) is 8.00. The molecule has 7 heteroatoms. The van der Waals surface area contributed by atoms with Gasteiger partial charge in [-0.1, -0.05) is 19.9 Å². The van der Waals surface area contributed by atoms with E-state index in [9.17, 15) is 9.59 Å². The quantitative estimate of drug-likeness (QED) is 0.604. The molecule has 5 N–H and O–H groups in total. The van der Waals surface area contributed by atoms with Gasteiger partial charge in [0.25, 0.3) is 5.91 Å². The predicted molar refractivity (Wildman–Crippen MR) is 101 cm³/mol. The van der Waals surface area contributed by atoms with Gasteiger partial charge in [0.15, 0.2) is 0 Å². The molecule has 0 saturated heterocycles. The van der Waals surface area contributed by atoms with Crippen LogP contribution in [0, 0.1) is 5.92 Å². The first-order chi connectivity index (χ1) is 10.8. The molecule has 3 amide bonds. The Morgan fingerprint density at radius 1 is 1.12 bits per heavy atom. The lowest BCUT2D eigenvalue weighted by Gasteiger charge is -2.19. The van der Waals surface area contributed by atoms with Crippen LogP contribution >= 0.6 is 12.4 Å². The molecule has 0 aliphatic carbocycles. The zero-order chi connectivity index (χ0) is 17.4. The molecule has 24 heavy (non-hydrogen) atoms. The van der Waals surface area contributed by atoms with Gasteiger partial charge < -0.3 is 21.7 Å². The second-order valence-electron chi connectivity index (χ2n) is 6.37. The van der Waals surface area contributed by atoms with Gasteiger partial charge in [-0.2, -0.15) is 0 Å². The van der Waals surface area contributed by atoms with Crippen molar-refractivity contribution >= 4 is 30.0 Å². The van der Waals surface area contributed by atoms with Gasteiger partial charge in [-0.25, -0.2) is 4.79 Å². The maximum atomic E-state index is 12.3. The lowest BCUT2D eigenvalue weighted by molar-refractivity contribution is 0.0933. The average Bonchev–Trinajstić information content (AvgIpc) is 2.45. The van der Waals surface area contributed by atoms with Crippen LogP contribution in [0.5, 0.6) is 0 Å². The molecule has 6 nitrogen and oxygen atoms in total. The van der Waals surface area contributed by atoms with Crippen molar-refractivity contribution in [1.29, 1.82) is 0 Å². The van der Waals surface area contributed by atoms with Crippen LogP contribution < -0.4 is 21.7 Å². The topological polar surface area (TPSA) is 96.2 Å². The molecule has 136 valence electrons. The first-order valence-corrected chi connectivity index (χ1v) is 8.00. The van der Waals surface area contributed by atoms with Gasteiger partial charge in [-0.15, -0.1) is 12.4 Å². The Balaban J connectivity index is 0.00000529. The average molecular weight is 357 g/mol.